The number of halogens is 1. The Kier molecular flexibility index (Phi) is 7.38. The van der Waals surface area contributed by atoms with Crippen molar-refractivity contribution >= 4 is 34.6 Å². The third kappa shape index (κ3) is 6.24. The normalized spacial score (nSPS) is 16.4. The first-order chi connectivity index (χ1) is 17.7. The molecule has 10 heteroatoms. The van der Waals surface area contributed by atoms with E-state index in [4.69, 9.17) is 19.2 Å². The smallest absolute Gasteiger partial charge is 0.424 e. The minimum Gasteiger partial charge on any atom is -0.443 e. The highest BCUT2D eigenvalue weighted by atomic mass is 19.1. The molecule has 4 rings (SSSR count). The highest BCUT2D eigenvalue weighted by Gasteiger charge is 2.34. The van der Waals surface area contributed by atoms with Gasteiger partial charge in [-0.15, -0.1) is 0 Å². The summed E-state index contributed by atoms with van der Waals surface area (Å²) in [4.78, 5) is 37.6. The second kappa shape index (κ2) is 10.2. The van der Waals surface area contributed by atoms with Gasteiger partial charge in [-0.05, 0) is 72.7 Å². The number of H-pyrrole nitrogens is 1. The molecule has 9 nitrogen and oxygen atoms in total. The van der Waals surface area contributed by atoms with Crippen LogP contribution in [-0.2, 0) is 14.2 Å². The van der Waals surface area contributed by atoms with Crippen LogP contribution in [0.3, 0.4) is 0 Å². The first kappa shape index (κ1) is 27.4. The van der Waals surface area contributed by atoms with Gasteiger partial charge in [0.2, 0.25) is 0 Å². The SMILES string of the molecule is C[C@@H]1COCCN1c1cc(N(C(=O)OC(C)(C)C)C(=O)OC(C)(C)C)cc(-c2cc(F)cc3[nH]ccc23)n1. The summed E-state index contributed by atoms with van der Waals surface area (Å²) in [6, 6.07) is 7.82. The van der Waals surface area contributed by atoms with E-state index in [2.05, 4.69) is 4.98 Å². The number of fused-ring (bicyclic) bond motifs is 1. The van der Waals surface area contributed by atoms with Crippen LogP contribution in [0.25, 0.3) is 22.2 Å². The van der Waals surface area contributed by atoms with Crippen molar-refractivity contribution in [1.29, 1.82) is 0 Å². The Bertz CT molecular complexity index is 1310. The van der Waals surface area contributed by atoms with Gasteiger partial charge in [-0.1, -0.05) is 0 Å². The van der Waals surface area contributed by atoms with Crippen LogP contribution in [0.5, 0.6) is 0 Å². The van der Waals surface area contributed by atoms with Gasteiger partial charge in [0.05, 0.1) is 30.6 Å². The maximum Gasteiger partial charge on any atom is 0.424 e. The molecule has 0 unspecified atom stereocenters. The third-order valence-corrected chi connectivity index (χ3v) is 5.78. The van der Waals surface area contributed by atoms with Gasteiger partial charge in [-0.3, -0.25) is 0 Å². The molecule has 0 radical (unpaired) electrons. The second-order valence-corrected chi connectivity index (χ2v) is 11.4. The minimum atomic E-state index is -0.893. The van der Waals surface area contributed by atoms with Gasteiger partial charge in [0.1, 0.15) is 22.8 Å². The zero-order chi connectivity index (χ0) is 27.8. The lowest BCUT2D eigenvalue weighted by molar-refractivity contribution is 0.0430. The van der Waals surface area contributed by atoms with Crippen molar-refractivity contribution in [2.75, 3.05) is 29.6 Å². The predicted molar refractivity (Wildman–Crippen MR) is 144 cm³/mol. The predicted octanol–water partition coefficient (Wildman–Crippen LogP) is 6.27. The quantitative estimate of drug-likeness (QED) is 0.430. The molecule has 1 saturated heterocycles. The summed E-state index contributed by atoms with van der Waals surface area (Å²) < 4.78 is 31.4. The Morgan fingerprint density at radius 3 is 2.34 bits per heavy atom. The average Bonchev–Trinajstić information content (AvgIpc) is 3.24. The number of morpholine rings is 1. The molecule has 204 valence electrons. The number of nitrogens with one attached hydrogen (secondary N) is 1. The number of hydrogen-bond acceptors (Lipinski definition) is 7. The fraction of sp³-hybridized carbons (Fsp3) is 0.464. The third-order valence-electron chi connectivity index (χ3n) is 5.78. The molecule has 3 aromatic rings. The summed E-state index contributed by atoms with van der Waals surface area (Å²) in [6.45, 7) is 13.8. The number of pyridine rings is 1. The summed E-state index contributed by atoms with van der Waals surface area (Å²) in [6.07, 6.45) is -0.0670. The van der Waals surface area contributed by atoms with Crippen LogP contribution >= 0.6 is 0 Å². The standard InChI is InChI=1S/C28H35FN4O5/c1-17-16-36-11-10-32(17)24-15-19(33(25(34)37-27(2,3)4)26(35)38-28(5,6)7)14-23(31-24)21-12-18(29)13-22-20(21)8-9-30-22/h8-9,12-15,17,30H,10-11,16H2,1-7H3/t17-/m1/s1. The zero-order valence-corrected chi connectivity index (χ0v) is 22.9. The number of rotatable bonds is 3. The van der Waals surface area contributed by atoms with Crippen LogP contribution in [0.2, 0.25) is 0 Å². The fourth-order valence-corrected chi connectivity index (χ4v) is 4.23. The maximum atomic E-state index is 14.6. The van der Waals surface area contributed by atoms with E-state index >= 15 is 0 Å². The van der Waals surface area contributed by atoms with Gasteiger partial charge in [-0.2, -0.15) is 4.90 Å². The summed E-state index contributed by atoms with van der Waals surface area (Å²) >= 11 is 0. The summed E-state index contributed by atoms with van der Waals surface area (Å²) in [5.41, 5.74) is -0.0378. The average molecular weight is 527 g/mol. The number of imide groups is 1. The number of amides is 2. The Labute approximate surface area is 221 Å². The van der Waals surface area contributed by atoms with E-state index in [1.165, 1.54) is 12.1 Å². The van der Waals surface area contributed by atoms with E-state index in [1.807, 2.05) is 17.9 Å². The van der Waals surface area contributed by atoms with Gasteiger partial charge >= 0.3 is 12.2 Å². The molecule has 2 aromatic heterocycles. The molecule has 1 aliphatic heterocycles. The van der Waals surface area contributed by atoms with E-state index in [-0.39, 0.29) is 11.7 Å². The van der Waals surface area contributed by atoms with Gasteiger partial charge in [0, 0.05) is 35.3 Å². The number of anilines is 2. The molecule has 2 amide bonds. The molecule has 0 spiro atoms. The Balaban J connectivity index is 1.93. The minimum absolute atomic E-state index is 0.0179. The second-order valence-electron chi connectivity index (χ2n) is 11.4. The van der Waals surface area contributed by atoms with Crippen LogP contribution in [0, 0.1) is 5.82 Å². The molecule has 0 bridgehead atoms. The van der Waals surface area contributed by atoms with Gasteiger partial charge < -0.3 is 24.1 Å². The van der Waals surface area contributed by atoms with Crippen molar-refractivity contribution in [3.05, 3.63) is 42.3 Å². The van der Waals surface area contributed by atoms with Crippen LogP contribution in [0.15, 0.2) is 36.5 Å². The summed E-state index contributed by atoms with van der Waals surface area (Å²) in [5.74, 6) is 0.0675. The van der Waals surface area contributed by atoms with E-state index in [0.29, 0.717) is 42.4 Å². The van der Waals surface area contributed by atoms with Crippen molar-refractivity contribution < 1.29 is 28.2 Å². The number of carbonyl (C=O) groups excluding carboxylic acids is 2. The van der Waals surface area contributed by atoms with E-state index in [1.54, 1.807) is 59.9 Å². The van der Waals surface area contributed by atoms with Crippen molar-refractivity contribution in [3.63, 3.8) is 0 Å². The molecule has 0 aliphatic carbocycles. The highest BCUT2D eigenvalue weighted by Crippen LogP contribution is 2.35. The molecule has 1 aliphatic rings. The first-order valence-corrected chi connectivity index (χ1v) is 12.6. The molecule has 38 heavy (non-hydrogen) atoms. The van der Waals surface area contributed by atoms with Gasteiger partial charge in [-0.25, -0.2) is 19.0 Å². The van der Waals surface area contributed by atoms with Crippen LogP contribution < -0.4 is 9.80 Å². The number of nitrogens with zero attached hydrogens (tertiary/aromatic N) is 3. The summed E-state index contributed by atoms with van der Waals surface area (Å²) in [7, 11) is 0. The Morgan fingerprint density at radius 1 is 1.08 bits per heavy atom. The molecule has 0 saturated carbocycles. The van der Waals surface area contributed by atoms with E-state index in [9.17, 15) is 14.0 Å². The number of aromatic amines is 1. The molecule has 1 fully saturated rings. The van der Waals surface area contributed by atoms with Crippen molar-refractivity contribution in [2.45, 2.75) is 65.7 Å². The van der Waals surface area contributed by atoms with Gasteiger partial charge in [0.25, 0.3) is 0 Å². The molecule has 1 N–H and O–H groups in total. The van der Waals surface area contributed by atoms with Crippen LogP contribution in [0.4, 0.5) is 25.5 Å². The van der Waals surface area contributed by atoms with E-state index in [0.717, 1.165) is 10.3 Å². The Morgan fingerprint density at radius 2 is 1.74 bits per heavy atom. The first-order valence-electron chi connectivity index (χ1n) is 12.6. The van der Waals surface area contributed by atoms with Crippen LogP contribution in [-0.4, -0.2) is 59.2 Å². The number of ether oxygens (including phenoxy) is 3. The maximum absolute atomic E-state index is 14.6. The number of carbonyl (C=O) groups is 2. The van der Waals surface area contributed by atoms with Crippen molar-refractivity contribution in [3.8, 4) is 11.3 Å². The number of benzene rings is 1. The molecular weight excluding hydrogens is 491 g/mol. The lowest BCUT2D eigenvalue weighted by Gasteiger charge is -2.35. The Hall–Kier alpha value is -3.66. The molecular formula is C28H35FN4O5. The monoisotopic (exact) mass is 526 g/mol. The fourth-order valence-electron chi connectivity index (χ4n) is 4.23. The lowest BCUT2D eigenvalue weighted by atomic mass is 10.1. The van der Waals surface area contributed by atoms with Crippen molar-refractivity contribution in [2.24, 2.45) is 0 Å². The largest absolute Gasteiger partial charge is 0.443 e. The molecule has 1 atom stereocenters. The number of aromatic nitrogens is 2. The van der Waals surface area contributed by atoms with Crippen molar-refractivity contribution in [1.82, 2.24) is 9.97 Å². The lowest BCUT2D eigenvalue weighted by Crippen LogP contribution is -2.45. The van der Waals surface area contributed by atoms with E-state index < -0.39 is 29.2 Å². The topological polar surface area (TPSA) is 97.0 Å². The molecule has 3 heterocycles. The van der Waals surface area contributed by atoms with Gasteiger partial charge in [0.15, 0.2) is 0 Å². The van der Waals surface area contributed by atoms with Crippen LogP contribution in [0.1, 0.15) is 48.5 Å². The number of hydrogen-bond donors (Lipinski definition) is 1. The molecule has 1 aromatic carbocycles. The summed E-state index contributed by atoms with van der Waals surface area (Å²) in [5, 5.41) is 0.748. The zero-order valence-electron chi connectivity index (χ0n) is 22.9. The highest BCUT2D eigenvalue weighted by molar-refractivity contribution is 6.10.